The summed E-state index contributed by atoms with van der Waals surface area (Å²) in [5, 5.41) is 3.16. The van der Waals surface area contributed by atoms with Crippen LogP contribution in [0.2, 0.25) is 0 Å². The molecular weight excluding hydrogens is 366 g/mol. The number of sulfonamides is 1. The molecule has 1 aliphatic carbocycles. The second-order valence-electron chi connectivity index (χ2n) is 7.10. The van der Waals surface area contributed by atoms with Crippen LogP contribution in [0.15, 0.2) is 24.3 Å². The summed E-state index contributed by atoms with van der Waals surface area (Å²) in [6.45, 7) is 2.55. The van der Waals surface area contributed by atoms with Gasteiger partial charge in [0.25, 0.3) is 5.91 Å². The Morgan fingerprint density at radius 1 is 1.22 bits per heavy atom. The Kier molecular flexibility index (Phi) is 6.73. The molecule has 1 aromatic carbocycles. The lowest BCUT2D eigenvalue weighted by molar-refractivity contribution is 0.0691. The monoisotopic (exact) mass is 395 g/mol. The normalized spacial score (nSPS) is 19.1. The van der Waals surface area contributed by atoms with Gasteiger partial charge >= 0.3 is 0 Å². The first-order valence-corrected chi connectivity index (χ1v) is 11.3. The van der Waals surface area contributed by atoms with Gasteiger partial charge in [0.15, 0.2) is 0 Å². The zero-order valence-corrected chi connectivity index (χ0v) is 16.7. The van der Waals surface area contributed by atoms with E-state index in [1.165, 1.54) is 4.31 Å². The number of methoxy groups -OCH3 is 1. The topological polar surface area (TPSA) is 79.0 Å². The highest BCUT2D eigenvalue weighted by molar-refractivity contribution is 7.89. The lowest BCUT2D eigenvalue weighted by Crippen LogP contribution is -2.49. The van der Waals surface area contributed by atoms with E-state index < -0.39 is 10.0 Å². The number of amides is 1. The van der Waals surface area contributed by atoms with E-state index in [-0.39, 0.29) is 24.2 Å². The fourth-order valence-corrected chi connectivity index (χ4v) is 5.33. The number of carbonyl (C=O) groups is 1. The zero-order chi connectivity index (χ0) is 19.3. The fraction of sp³-hybridized carbons (Fsp3) is 0.632. The Hall–Kier alpha value is -1.64. The van der Waals surface area contributed by atoms with Gasteiger partial charge in [-0.25, -0.2) is 8.42 Å². The molecular formula is C19H29N3O4S. The van der Waals surface area contributed by atoms with Crippen molar-refractivity contribution in [1.82, 2.24) is 14.5 Å². The number of ether oxygens (including phenoxy) is 1. The minimum atomic E-state index is -3.37. The van der Waals surface area contributed by atoms with Gasteiger partial charge in [0, 0.05) is 38.8 Å². The van der Waals surface area contributed by atoms with E-state index in [9.17, 15) is 13.2 Å². The molecule has 150 valence electrons. The van der Waals surface area contributed by atoms with Gasteiger partial charge in [-0.1, -0.05) is 25.0 Å². The fourth-order valence-electron chi connectivity index (χ4n) is 3.91. The minimum absolute atomic E-state index is 0.0373. The van der Waals surface area contributed by atoms with Crippen LogP contribution < -0.4 is 10.1 Å². The molecule has 2 fully saturated rings. The summed E-state index contributed by atoms with van der Waals surface area (Å²) in [6, 6.07) is 7.23. The molecule has 1 saturated heterocycles. The SMILES string of the molecule is COc1ccccc1C(=O)N(CCS(=O)(=O)N1CCNCC1)C1CCCC1. The van der Waals surface area contributed by atoms with E-state index in [2.05, 4.69) is 5.32 Å². The number of piperazine rings is 1. The lowest BCUT2D eigenvalue weighted by Gasteiger charge is -2.31. The van der Waals surface area contributed by atoms with Crippen LogP contribution >= 0.6 is 0 Å². The molecule has 0 aromatic heterocycles. The van der Waals surface area contributed by atoms with Crippen LogP contribution in [0.1, 0.15) is 36.0 Å². The molecule has 1 saturated carbocycles. The van der Waals surface area contributed by atoms with Crippen LogP contribution in [0.25, 0.3) is 0 Å². The smallest absolute Gasteiger partial charge is 0.257 e. The third-order valence-electron chi connectivity index (χ3n) is 5.42. The molecule has 0 unspecified atom stereocenters. The number of hydrogen-bond donors (Lipinski definition) is 1. The minimum Gasteiger partial charge on any atom is -0.496 e. The Balaban J connectivity index is 1.76. The first-order valence-electron chi connectivity index (χ1n) is 9.65. The number of para-hydroxylation sites is 1. The van der Waals surface area contributed by atoms with Crippen molar-refractivity contribution < 1.29 is 17.9 Å². The third-order valence-corrected chi connectivity index (χ3v) is 7.27. The van der Waals surface area contributed by atoms with Crippen molar-refractivity contribution in [3.63, 3.8) is 0 Å². The number of carbonyl (C=O) groups excluding carboxylic acids is 1. The van der Waals surface area contributed by atoms with Gasteiger partial charge < -0.3 is 15.0 Å². The van der Waals surface area contributed by atoms with Crippen molar-refractivity contribution in [3.8, 4) is 5.75 Å². The van der Waals surface area contributed by atoms with Gasteiger partial charge in [-0.05, 0) is 25.0 Å². The highest BCUT2D eigenvalue weighted by Gasteiger charge is 2.31. The number of nitrogens with zero attached hydrogens (tertiary/aromatic N) is 2. The second-order valence-corrected chi connectivity index (χ2v) is 9.19. The van der Waals surface area contributed by atoms with E-state index in [1.807, 2.05) is 6.07 Å². The Bertz CT molecular complexity index is 741. The van der Waals surface area contributed by atoms with Crippen molar-refractivity contribution in [3.05, 3.63) is 29.8 Å². The third kappa shape index (κ3) is 4.80. The Morgan fingerprint density at radius 2 is 1.89 bits per heavy atom. The van der Waals surface area contributed by atoms with Gasteiger partial charge in [-0.3, -0.25) is 4.79 Å². The maximum atomic E-state index is 13.2. The van der Waals surface area contributed by atoms with Gasteiger partial charge in [0.2, 0.25) is 10.0 Å². The summed E-state index contributed by atoms with van der Waals surface area (Å²) in [7, 11) is -1.83. The standard InChI is InChI=1S/C19H29N3O4S/c1-26-18-9-5-4-8-17(18)19(23)22(16-6-2-3-7-16)14-15-27(24,25)21-12-10-20-11-13-21/h4-5,8-9,16,20H,2-3,6-7,10-15H2,1H3. The van der Waals surface area contributed by atoms with E-state index in [1.54, 1.807) is 30.2 Å². The summed E-state index contributed by atoms with van der Waals surface area (Å²) in [4.78, 5) is 15.0. The van der Waals surface area contributed by atoms with Crippen LogP contribution in [0, 0.1) is 0 Å². The summed E-state index contributed by atoms with van der Waals surface area (Å²) >= 11 is 0. The molecule has 0 radical (unpaired) electrons. The van der Waals surface area contributed by atoms with Crippen LogP contribution in [0.4, 0.5) is 0 Å². The molecule has 1 amide bonds. The average molecular weight is 396 g/mol. The highest BCUT2D eigenvalue weighted by atomic mass is 32.2. The maximum absolute atomic E-state index is 13.2. The number of nitrogens with one attached hydrogen (secondary N) is 1. The molecule has 8 heteroatoms. The zero-order valence-electron chi connectivity index (χ0n) is 15.9. The molecule has 1 aliphatic heterocycles. The Morgan fingerprint density at radius 3 is 2.56 bits per heavy atom. The molecule has 0 spiro atoms. The van der Waals surface area contributed by atoms with Crippen LogP contribution in [-0.4, -0.2) is 75.2 Å². The van der Waals surface area contributed by atoms with Crippen LogP contribution in [0.3, 0.4) is 0 Å². The first-order chi connectivity index (χ1) is 13.0. The Labute approximate surface area is 161 Å². The maximum Gasteiger partial charge on any atom is 0.257 e. The summed E-state index contributed by atoms with van der Waals surface area (Å²) < 4.78 is 32.3. The molecule has 1 heterocycles. The molecule has 1 aromatic rings. The molecule has 7 nitrogen and oxygen atoms in total. The van der Waals surface area contributed by atoms with Crippen LogP contribution in [0.5, 0.6) is 5.75 Å². The average Bonchev–Trinajstić information content (AvgIpc) is 3.23. The number of rotatable bonds is 7. The highest BCUT2D eigenvalue weighted by Crippen LogP contribution is 2.27. The molecule has 3 rings (SSSR count). The second kappa shape index (κ2) is 9.03. The van der Waals surface area contributed by atoms with Crippen molar-refractivity contribution in [2.45, 2.75) is 31.7 Å². The van der Waals surface area contributed by atoms with Gasteiger partial charge in [0.1, 0.15) is 5.75 Å². The predicted molar refractivity (Wildman–Crippen MR) is 105 cm³/mol. The summed E-state index contributed by atoms with van der Waals surface area (Å²) in [5.41, 5.74) is 0.492. The van der Waals surface area contributed by atoms with Crippen molar-refractivity contribution in [2.75, 3.05) is 45.6 Å². The summed E-state index contributed by atoms with van der Waals surface area (Å²) in [5.74, 6) is 0.343. The molecule has 27 heavy (non-hydrogen) atoms. The van der Waals surface area contributed by atoms with Gasteiger partial charge in [-0.2, -0.15) is 4.31 Å². The lowest BCUT2D eigenvalue weighted by atomic mass is 10.1. The first kappa shape index (κ1) is 20.1. The quantitative estimate of drug-likeness (QED) is 0.753. The van der Waals surface area contributed by atoms with Crippen molar-refractivity contribution >= 4 is 15.9 Å². The van der Waals surface area contributed by atoms with Crippen LogP contribution in [-0.2, 0) is 10.0 Å². The van der Waals surface area contributed by atoms with Gasteiger partial charge in [0.05, 0.1) is 18.4 Å². The van der Waals surface area contributed by atoms with E-state index >= 15 is 0 Å². The molecule has 0 atom stereocenters. The summed E-state index contributed by atoms with van der Waals surface area (Å²) in [6.07, 6.45) is 4.00. The predicted octanol–water partition coefficient (Wildman–Crippen LogP) is 1.31. The molecule has 2 aliphatic rings. The molecule has 0 bridgehead atoms. The van der Waals surface area contributed by atoms with E-state index in [0.29, 0.717) is 37.5 Å². The van der Waals surface area contributed by atoms with E-state index in [4.69, 9.17) is 4.74 Å². The largest absolute Gasteiger partial charge is 0.496 e. The van der Waals surface area contributed by atoms with Gasteiger partial charge in [-0.15, -0.1) is 0 Å². The number of hydrogen-bond acceptors (Lipinski definition) is 5. The van der Waals surface area contributed by atoms with Crippen molar-refractivity contribution in [1.29, 1.82) is 0 Å². The van der Waals surface area contributed by atoms with E-state index in [0.717, 1.165) is 25.7 Å². The molecule has 1 N–H and O–H groups in total. The number of benzene rings is 1. The van der Waals surface area contributed by atoms with Crippen molar-refractivity contribution in [2.24, 2.45) is 0 Å².